The van der Waals surface area contributed by atoms with Gasteiger partial charge in [-0.15, -0.1) is 0 Å². The van der Waals surface area contributed by atoms with Crippen molar-refractivity contribution in [1.29, 1.82) is 0 Å². The lowest BCUT2D eigenvalue weighted by atomic mass is 10.2. The van der Waals surface area contributed by atoms with Gasteiger partial charge in [-0.1, -0.05) is 0 Å². The average molecular weight is 229 g/mol. The minimum Gasteiger partial charge on any atom is -0.353 e. The van der Waals surface area contributed by atoms with E-state index in [2.05, 4.69) is 29.6 Å². The number of carbonyl (C=O) groups excluding carboxylic acids is 1. The summed E-state index contributed by atoms with van der Waals surface area (Å²) in [5.74, 6) is 0.0857. The number of rotatable bonds is 8. The zero-order valence-electron chi connectivity index (χ0n) is 11.3. The normalized spacial score (nSPS) is 13.2. The molecular weight excluding hydrogens is 202 g/mol. The Labute approximate surface area is 99.8 Å². The third-order valence-electron chi connectivity index (χ3n) is 2.31. The fraction of sp³-hybridized carbons (Fsp3) is 0.917. The van der Waals surface area contributed by atoms with Crippen molar-refractivity contribution in [3.05, 3.63) is 0 Å². The SMILES string of the molecule is CC(C)NC(=O)C(C)NCCCCN(C)C. The standard InChI is InChI=1S/C12H27N3O/c1-10(2)14-12(16)11(3)13-8-6-7-9-15(4)5/h10-11,13H,6-9H2,1-5H3,(H,14,16). The van der Waals surface area contributed by atoms with Gasteiger partial charge >= 0.3 is 0 Å². The number of hydrogen-bond acceptors (Lipinski definition) is 3. The van der Waals surface area contributed by atoms with Gasteiger partial charge in [-0.25, -0.2) is 0 Å². The molecule has 0 aliphatic rings. The molecule has 1 atom stereocenters. The van der Waals surface area contributed by atoms with E-state index in [0.29, 0.717) is 0 Å². The minimum absolute atomic E-state index is 0.0857. The first-order valence-corrected chi connectivity index (χ1v) is 6.12. The number of nitrogens with zero attached hydrogens (tertiary/aromatic N) is 1. The number of amides is 1. The quantitative estimate of drug-likeness (QED) is 0.606. The fourth-order valence-corrected chi connectivity index (χ4v) is 1.37. The summed E-state index contributed by atoms with van der Waals surface area (Å²) in [6, 6.07) is 0.118. The minimum atomic E-state index is -0.0956. The van der Waals surface area contributed by atoms with Crippen LogP contribution in [0.25, 0.3) is 0 Å². The summed E-state index contributed by atoms with van der Waals surface area (Å²) in [4.78, 5) is 13.7. The molecular formula is C12H27N3O. The summed E-state index contributed by atoms with van der Waals surface area (Å²) < 4.78 is 0. The van der Waals surface area contributed by atoms with Crippen LogP contribution >= 0.6 is 0 Å². The van der Waals surface area contributed by atoms with Crippen molar-refractivity contribution >= 4 is 5.91 Å². The molecule has 96 valence electrons. The lowest BCUT2D eigenvalue weighted by Crippen LogP contribution is -2.44. The highest BCUT2D eigenvalue weighted by Gasteiger charge is 2.11. The Balaban J connectivity index is 3.49. The molecule has 4 heteroatoms. The first-order valence-electron chi connectivity index (χ1n) is 6.12. The summed E-state index contributed by atoms with van der Waals surface area (Å²) in [6.07, 6.45) is 2.27. The molecule has 0 aliphatic heterocycles. The second-order valence-electron chi connectivity index (χ2n) is 4.85. The first kappa shape index (κ1) is 15.4. The molecule has 0 heterocycles. The van der Waals surface area contributed by atoms with E-state index < -0.39 is 0 Å². The molecule has 0 aromatic rings. The Morgan fingerprint density at radius 2 is 1.81 bits per heavy atom. The van der Waals surface area contributed by atoms with Crippen LogP contribution in [-0.4, -0.2) is 50.1 Å². The van der Waals surface area contributed by atoms with Gasteiger partial charge in [-0.05, 0) is 60.8 Å². The van der Waals surface area contributed by atoms with Gasteiger partial charge in [0.05, 0.1) is 6.04 Å². The third kappa shape index (κ3) is 8.68. The summed E-state index contributed by atoms with van der Waals surface area (Å²) in [5, 5.41) is 6.12. The second-order valence-corrected chi connectivity index (χ2v) is 4.85. The molecule has 0 aliphatic carbocycles. The van der Waals surface area contributed by atoms with Gasteiger partial charge in [0.15, 0.2) is 0 Å². The van der Waals surface area contributed by atoms with Gasteiger partial charge in [0, 0.05) is 6.04 Å². The fourth-order valence-electron chi connectivity index (χ4n) is 1.37. The van der Waals surface area contributed by atoms with Gasteiger partial charge < -0.3 is 15.5 Å². The lowest BCUT2D eigenvalue weighted by molar-refractivity contribution is -0.123. The molecule has 0 radical (unpaired) electrons. The molecule has 2 N–H and O–H groups in total. The van der Waals surface area contributed by atoms with E-state index in [1.807, 2.05) is 20.8 Å². The molecule has 0 spiro atoms. The Kier molecular flexibility index (Phi) is 8.21. The molecule has 16 heavy (non-hydrogen) atoms. The van der Waals surface area contributed by atoms with Crippen LogP contribution in [0, 0.1) is 0 Å². The predicted molar refractivity (Wildman–Crippen MR) is 68.5 cm³/mol. The van der Waals surface area contributed by atoms with E-state index in [4.69, 9.17) is 0 Å². The highest BCUT2D eigenvalue weighted by molar-refractivity contribution is 5.81. The topological polar surface area (TPSA) is 44.4 Å². The van der Waals surface area contributed by atoms with Crippen LogP contribution in [0.5, 0.6) is 0 Å². The molecule has 0 saturated carbocycles. The van der Waals surface area contributed by atoms with E-state index in [0.717, 1.165) is 19.5 Å². The summed E-state index contributed by atoms with van der Waals surface area (Å²) in [6.45, 7) is 7.86. The van der Waals surface area contributed by atoms with Gasteiger partial charge in [-0.3, -0.25) is 4.79 Å². The molecule has 0 bridgehead atoms. The maximum atomic E-state index is 11.5. The molecule has 0 fully saturated rings. The maximum absolute atomic E-state index is 11.5. The summed E-state index contributed by atoms with van der Waals surface area (Å²) in [7, 11) is 4.15. The smallest absolute Gasteiger partial charge is 0.237 e. The zero-order chi connectivity index (χ0) is 12.6. The van der Waals surface area contributed by atoms with E-state index >= 15 is 0 Å². The first-order chi connectivity index (χ1) is 7.43. The largest absolute Gasteiger partial charge is 0.353 e. The molecule has 0 aromatic heterocycles. The van der Waals surface area contributed by atoms with Gasteiger partial charge in [0.1, 0.15) is 0 Å². The lowest BCUT2D eigenvalue weighted by Gasteiger charge is -2.16. The molecule has 1 unspecified atom stereocenters. The van der Waals surface area contributed by atoms with Crippen LogP contribution in [0.2, 0.25) is 0 Å². The highest BCUT2D eigenvalue weighted by Crippen LogP contribution is 1.91. The van der Waals surface area contributed by atoms with Crippen molar-refractivity contribution in [1.82, 2.24) is 15.5 Å². The molecule has 0 rings (SSSR count). The summed E-state index contributed by atoms with van der Waals surface area (Å²) in [5.41, 5.74) is 0. The van der Waals surface area contributed by atoms with Crippen LogP contribution in [0.15, 0.2) is 0 Å². The van der Waals surface area contributed by atoms with E-state index in [1.54, 1.807) is 0 Å². The molecule has 1 amide bonds. The van der Waals surface area contributed by atoms with Crippen molar-refractivity contribution in [2.75, 3.05) is 27.2 Å². The van der Waals surface area contributed by atoms with Crippen LogP contribution in [0.4, 0.5) is 0 Å². The van der Waals surface area contributed by atoms with Crippen LogP contribution in [-0.2, 0) is 4.79 Å². The number of unbranched alkanes of at least 4 members (excludes halogenated alkanes) is 1. The molecule has 4 nitrogen and oxygen atoms in total. The zero-order valence-corrected chi connectivity index (χ0v) is 11.3. The maximum Gasteiger partial charge on any atom is 0.237 e. The van der Waals surface area contributed by atoms with Crippen LogP contribution in [0.3, 0.4) is 0 Å². The highest BCUT2D eigenvalue weighted by atomic mass is 16.2. The van der Waals surface area contributed by atoms with E-state index in [1.165, 1.54) is 6.42 Å². The summed E-state index contributed by atoms with van der Waals surface area (Å²) >= 11 is 0. The Hall–Kier alpha value is -0.610. The van der Waals surface area contributed by atoms with Crippen LogP contribution < -0.4 is 10.6 Å². The van der Waals surface area contributed by atoms with Crippen molar-refractivity contribution in [3.63, 3.8) is 0 Å². The van der Waals surface area contributed by atoms with Crippen molar-refractivity contribution < 1.29 is 4.79 Å². The second kappa shape index (κ2) is 8.53. The molecule has 0 aromatic carbocycles. The Bertz CT molecular complexity index is 193. The van der Waals surface area contributed by atoms with Crippen LogP contribution in [0.1, 0.15) is 33.6 Å². The number of nitrogens with one attached hydrogen (secondary N) is 2. The molecule has 0 saturated heterocycles. The monoisotopic (exact) mass is 229 g/mol. The Morgan fingerprint density at radius 1 is 1.19 bits per heavy atom. The van der Waals surface area contributed by atoms with Crippen molar-refractivity contribution in [2.45, 2.75) is 45.7 Å². The van der Waals surface area contributed by atoms with E-state index in [9.17, 15) is 4.79 Å². The average Bonchev–Trinajstić information content (AvgIpc) is 2.15. The van der Waals surface area contributed by atoms with Gasteiger partial charge in [0.2, 0.25) is 5.91 Å². The predicted octanol–water partition coefficient (Wildman–Crippen LogP) is 0.831. The third-order valence-corrected chi connectivity index (χ3v) is 2.31. The van der Waals surface area contributed by atoms with E-state index in [-0.39, 0.29) is 18.0 Å². The number of hydrogen-bond donors (Lipinski definition) is 2. The number of carbonyl (C=O) groups is 1. The van der Waals surface area contributed by atoms with Crippen molar-refractivity contribution in [2.24, 2.45) is 0 Å². The Morgan fingerprint density at radius 3 is 2.31 bits per heavy atom. The van der Waals surface area contributed by atoms with Crippen molar-refractivity contribution in [3.8, 4) is 0 Å². The van der Waals surface area contributed by atoms with Gasteiger partial charge in [-0.2, -0.15) is 0 Å². The van der Waals surface area contributed by atoms with Gasteiger partial charge in [0.25, 0.3) is 0 Å².